The molecule has 0 aliphatic heterocycles. The average Bonchev–Trinajstić information content (AvgIpc) is 2.29. The monoisotopic (exact) mass is 219 g/mol. The first kappa shape index (κ1) is 12.1. The molecule has 84 valence electrons. The van der Waals surface area contributed by atoms with Gasteiger partial charge in [-0.25, -0.2) is 4.79 Å². The third kappa shape index (κ3) is 2.99. The molecule has 0 unspecified atom stereocenters. The Morgan fingerprint density at radius 1 is 1.56 bits per heavy atom. The first-order valence-electron chi connectivity index (χ1n) is 5.00. The number of hydrogen-bond acceptors (Lipinski definition) is 3. The highest BCUT2D eigenvalue weighted by Crippen LogP contribution is 2.03. The highest BCUT2D eigenvalue weighted by atomic mass is 16.4. The molecule has 1 amide bonds. The van der Waals surface area contributed by atoms with Gasteiger partial charge >= 0.3 is 5.63 Å². The second-order valence-corrected chi connectivity index (χ2v) is 3.27. The smallest absolute Gasteiger partial charge is 0.335 e. The van der Waals surface area contributed by atoms with E-state index in [0.717, 1.165) is 12.7 Å². The number of carbonyl (C=O) groups is 1. The van der Waals surface area contributed by atoms with Crippen molar-refractivity contribution < 1.29 is 9.21 Å². The van der Waals surface area contributed by atoms with E-state index in [0.29, 0.717) is 12.1 Å². The van der Waals surface area contributed by atoms with Gasteiger partial charge in [0.15, 0.2) is 0 Å². The van der Waals surface area contributed by atoms with E-state index in [1.807, 2.05) is 6.92 Å². The fraction of sp³-hybridized carbons (Fsp3) is 0.333. The van der Waals surface area contributed by atoms with Crippen LogP contribution in [-0.4, -0.2) is 23.9 Å². The lowest BCUT2D eigenvalue weighted by Crippen LogP contribution is -2.32. The molecule has 1 rings (SSSR count). The molecule has 0 aliphatic carbocycles. The van der Waals surface area contributed by atoms with Crippen molar-refractivity contribution in [3.8, 4) is 12.3 Å². The Hall–Kier alpha value is -2.02. The molecule has 4 nitrogen and oxygen atoms in total. The van der Waals surface area contributed by atoms with E-state index in [2.05, 4.69) is 10.3 Å². The summed E-state index contributed by atoms with van der Waals surface area (Å²) in [6.45, 7) is 2.80. The lowest BCUT2D eigenvalue weighted by atomic mass is 10.2. The summed E-state index contributed by atoms with van der Waals surface area (Å²) in [5.74, 6) is 2.21. The summed E-state index contributed by atoms with van der Waals surface area (Å²) in [6, 6.07) is 2.65. The summed E-state index contributed by atoms with van der Waals surface area (Å²) < 4.78 is 4.63. The molecule has 16 heavy (non-hydrogen) atoms. The van der Waals surface area contributed by atoms with Gasteiger partial charge < -0.3 is 9.32 Å². The largest absolute Gasteiger partial charge is 0.430 e. The number of terminal acetylenes is 1. The quantitative estimate of drug-likeness (QED) is 0.713. The van der Waals surface area contributed by atoms with Crippen LogP contribution in [0.4, 0.5) is 0 Å². The van der Waals surface area contributed by atoms with Gasteiger partial charge in [-0.1, -0.05) is 12.8 Å². The van der Waals surface area contributed by atoms with Crippen molar-refractivity contribution in [2.24, 2.45) is 0 Å². The molecule has 1 aromatic rings. The van der Waals surface area contributed by atoms with Gasteiger partial charge in [0, 0.05) is 12.6 Å². The predicted molar refractivity (Wildman–Crippen MR) is 60.0 cm³/mol. The number of hydrogen-bond donors (Lipinski definition) is 0. The van der Waals surface area contributed by atoms with E-state index < -0.39 is 5.63 Å². The summed E-state index contributed by atoms with van der Waals surface area (Å²) in [5, 5.41) is 0. The molecular formula is C12H13NO3. The molecule has 0 spiro atoms. The molecule has 0 bridgehead atoms. The predicted octanol–water partition coefficient (Wildman–Crippen LogP) is 1.13. The lowest BCUT2D eigenvalue weighted by molar-refractivity contribution is 0.0774. The SMILES string of the molecule is C#CCN(CCC)C(=O)c1ccc(=O)oc1. The third-order valence-electron chi connectivity index (χ3n) is 2.01. The van der Waals surface area contributed by atoms with Crippen molar-refractivity contribution in [3.63, 3.8) is 0 Å². The van der Waals surface area contributed by atoms with Crippen LogP contribution in [0.2, 0.25) is 0 Å². The topological polar surface area (TPSA) is 50.5 Å². The third-order valence-corrected chi connectivity index (χ3v) is 2.01. The van der Waals surface area contributed by atoms with Gasteiger partial charge in [-0.2, -0.15) is 0 Å². The van der Waals surface area contributed by atoms with Crippen LogP contribution in [0.15, 0.2) is 27.6 Å². The maximum atomic E-state index is 11.9. The Balaban J connectivity index is 2.86. The van der Waals surface area contributed by atoms with Crippen molar-refractivity contribution >= 4 is 5.91 Å². The standard InChI is InChI=1S/C12H13NO3/c1-3-7-13(8-4-2)12(15)10-5-6-11(14)16-9-10/h1,5-6,9H,4,7-8H2,2H3. The Labute approximate surface area is 93.9 Å². The van der Waals surface area contributed by atoms with Crippen LogP contribution in [0.1, 0.15) is 23.7 Å². The molecule has 0 aliphatic rings. The first-order chi connectivity index (χ1) is 7.69. The zero-order valence-electron chi connectivity index (χ0n) is 9.10. The zero-order chi connectivity index (χ0) is 12.0. The molecule has 0 fully saturated rings. The molecular weight excluding hydrogens is 206 g/mol. The molecule has 0 atom stereocenters. The van der Waals surface area contributed by atoms with Gasteiger partial charge in [0.1, 0.15) is 6.26 Å². The summed E-state index contributed by atoms with van der Waals surface area (Å²) in [4.78, 5) is 24.2. The van der Waals surface area contributed by atoms with E-state index in [9.17, 15) is 9.59 Å². The normalized spacial score (nSPS) is 9.50. The Kier molecular flexibility index (Phi) is 4.34. The second kappa shape index (κ2) is 5.76. The first-order valence-corrected chi connectivity index (χ1v) is 5.00. The molecule has 1 aromatic heterocycles. The van der Waals surface area contributed by atoms with Crippen LogP contribution in [0.3, 0.4) is 0 Å². The van der Waals surface area contributed by atoms with Crippen LogP contribution in [0.25, 0.3) is 0 Å². The van der Waals surface area contributed by atoms with Crippen LogP contribution in [-0.2, 0) is 0 Å². The van der Waals surface area contributed by atoms with E-state index >= 15 is 0 Å². The van der Waals surface area contributed by atoms with Crippen LogP contribution >= 0.6 is 0 Å². The molecule has 0 radical (unpaired) electrons. The molecule has 0 aromatic carbocycles. The average molecular weight is 219 g/mol. The van der Waals surface area contributed by atoms with Crippen LogP contribution in [0.5, 0.6) is 0 Å². The van der Waals surface area contributed by atoms with Gasteiger partial charge in [0.25, 0.3) is 5.91 Å². The Morgan fingerprint density at radius 3 is 2.81 bits per heavy atom. The summed E-state index contributed by atoms with van der Waals surface area (Å²) in [5.41, 5.74) is -0.140. The maximum Gasteiger partial charge on any atom is 0.335 e. The molecule has 0 N–H and O–H groups in total. The highest BCUT2D eigenvalue weighted by Gasteiger charge is 2.14. The van der Waals surface area contributed by atoms with E-state index in [-0.39, 0.29) is 12.5 Å². The van der Waals surface area contributed by atoms with Gasteiger partial charge in [-0.3, -0.25) is 4.79 Å². The van der Waals surface area contributed by atoms with Crippen molar-refractivity contribution in [2.45, 2.75) is 13.3 Å². The zero-order valence-corrected chi connectivity index (χ0v) is 9.10. The van der Waals surface area contributed by atoms with Crippen molar-refractivity contribution in [3.05, 3.63) is 34.4 Å². The number of carbonyl (C=O) groups excluding carboxylic acids is 1. The minimum atomic E-state index is -0.476. The van der Waals surface area contributed by atoms with Gasteiger partial charge in [-0.15, -0.1) is 6.42 Å². The van der Waals surface area contributed by atoms with E-state index in [4.69, 9.17) is 6.42 Å². The Morgan fingerprint density at radius 2 is 2.31 bits per heavy atom. The maximum absolute atomic E-state index is 11.9. The van der Waals surface area contributed by atoms with Crippen molar-refractivity contribution in [1.29, 1.82) is 0 Å². The second-order valence-electron chi connectivity index (χ2n) is 3.27. The summed E-state index contributed by atoms with van der Waals surface area (Å²) >= 11 is 0. The van der Waals surface area contributed by atoms with Gasteiger partial charge in [0.2, 0.25) is 0 Å². The van der Waals surface area contributed by atoms with E-state index in [1.165, 1.54) is 17.0 Å². The number of nitrogens with zero attached hydrogens (tertiary/aromatic N) is 1. The van der Waals surface area contributed by atoms with Crippen molar-refractivity contribution in [2.75, 3.05) is 13.1 Å². The number of rotatable bonds is 4. The highest BCUT2D eigenvalue weighted by molar-refractivity contribution is 5.93. The molecule has 0 saturated carbocycles. The fourth-order valence-electron chi connectivity index (χ4n) is 1.29. The minimum Gasteiger partial charge on any atom is -0.430 e. The van der Waals surface area contributed by atoms with E-state index in [1.54, 1.807) is 0 Å². The molecule has 0 saturated heterocycles. The van der Waals surface area contributed by atoms with Crippen LogP contribution < -0.4 is 5.63 Å². The van der Waals surface area contributed by atoms with Gasteiger partial charge in [-0.05, 0) is 12.5 Å². The van der Waals surface area contributed by atoms with Crippen LogP contribution in [0, 0.1) is 12.3 Å². The molecule has 1 heterocycles. The number of amides is 1. The van der Waals surface area contributed by atoms with Crippen molar-refractivity contribution in [1.82, 2.24) is 4.90 Å². The lowest BCUT2D eigenvalue weighted by Gasteiger charge is -2.18. The summed E-state index contributed by atoms with van der Waals surface area (Å²) in [6.07, 6.45) is 7.16. The summed E-state index contributed by atoms with van der Waals surface area (Å²) in [7, 11) is 0. The minimum absolute atomic E-state index is 0.219. The fourth-order valence-corrected chi connectivity index (χ4v) is 1.29. The van der Waals surface area contributed by atoms with Gasteiger partial charge in [0.05, 0.1) is 12.1 Å². The Bertz CT molecular complexity index is 436. The molecule has 4 heteroatoms.